The molecule has 0 fully saturated rings. The van der Waals surface area contributed by atoms with Gasteiger partial charge in [-0.1, -0.05) is 17.7 Å². The Kier molecular flexibility index (Phi) is 71.0. The second kappa shape index (κ2) is 76.2. The number of ether oxygens (including phenoxy) is 6. The predicted octanol–water partition coefficient (Wildman–Crippen LogP) is 13.6. The number of nitriles is 1. The smallest absolute Gasteiger partial charge is 0.408 e. The molecule has 1 aromatic carbocycles. The van der Waals surface area contributed by atoms with E-state index in [1.807, 2.05) is 41.5 Å². The van der Waals surface area contributed by atoms with Crippen LogP contribution in [0.2, 0.25) is 0 Å². The van der Waals surface area contributed by atoms with Crippen molar-refractivity contribution in [2.75, 3.05) is 92.3 Å². The van der Waals surface area contributed by atoms with Crippen molar-refractivity contribution >= 4 is 105 Å². The Balaban J connectivity index is 0. The van der Waals surface area contributed by atoms with Gasteiger partial charge in [-0.3, -0.25) is 22.7 Å². The van der Waals surface area contributed by atoms with Gasteiger partial charge in [-0.25, -0.2) is 62.9 Å². The summed E-state index contributed by atoms with van der Waals surface area (Å²) in [4.78, 5) is 149. The van der Waals surface area contributed by atoms with Crippen LogP contribution in [0.15, 0.2) is 136 Å². The van der Waals surface area contributed by atoms with Gasteiger partial charge in [-0.2, -0.15) is 64.8 Å². The van der Waals surface area contributed by atoms with E-state index in [1.54, 1.807) is 124 Å². The van der Waals surface area contributed by atoms with Crippen molar-refractivity contribution in [3.05, 3.63) is 86.0 Å². The first kappa shape index (κ1) is 140. The molecule has 4 aromatic rings. The van der Waals surface area contributed by atoms with Gasteiger partial charge in [0.25, 0.3) is 10.1 Å². The number of ketones is 1. The standard InChI is InChI=1S/C18H33N5O5.C16H26N4O5.C12H23N5O3.C12H24N2O4.C12H16N2O3S.C7H6N4O.C5H11N3.C5H10N2O.C5H10O2.C2H3N.CH2Cl2/c1-17(2,3)28-16(26)21-13(14(24)27-5)9-6-7-11-19-15(25)20-12-8-10-18(4)22-23-18;1-16(2,3)25-15(23)19-12(13(21)24-4)7-5-6-8-18-14(22)20-10-9-17-11-20;1-12(16-17-12)6-4-8-15-11(20)14-7-3-2-5-9(13)10(18)19;1-12(2,3)18-11(16)14-9(10(15)17-4)7-5-6-8-13;1-10-4-6-11(7-5-10)18(15,16)17-9-3-8-12(2)13-14-12;12-7(10-3-1-8-5-10)11-4-2-9-6-11;1-5(7-8-5)3-2-4-6;1-5(6-7-5)3-2-4-8;1-5(7)3-2-4-6;1-2-3;2-1-3/h13H,6-12H2,1-5H3,(H,21,26)(H2,19,20,25);9-12H,5-8H2,1-4H3,(H,18,22)(H,19,23);9H,2-8,13H2,1H3,(H,18,19)(H2,14,15,20);9H,5-8,13H2,1-4H3,(H,14,16);4-7H,3,8-9H2,1-2H3;1-6H;2-4,6H2,1H3;8H,2-4H2,1H3;6H,2-4H2,1H3;1H3;1H2/t13-;12-;2*9-;;;;;;;/m0000......./s1. The van der Waals surface area contributed by atoms with Gasteiger partial charge in [0.1, 0.15) is 65.7 Å². The number of carboxylic acids is 1. The number of hydrogen-bond donors (Lipinski definition) is 14. The summed E-state index contributed by atoms with van der Waals surface area (Å²) >= 11 is 9.53. The zero-order valence-electron chi connectivity index (χ0n) is 90.5. The first-order chi connectivity index (χ1) is 70.4. The number of alkyl halides is 2. The number of methoxy groups -OCH3 is 3. The maximum absolute atomic E-state index is 11.8. The first-order valence-electron chi connectivity index (χ1n) is 49.1. The number of rotatable bonds is 49. The number of urea groups is 2. The van der Waals surface area contributed by atoms with Crippen molar-refractivity contribution in [1.29, 1.82) is 5.26 Å². The summed E-state index contributed by atoms with van der Waals surface area (Å²) in [7, 11) is 0.180. The van der Waals surface area contributed by atoms with Gasteiger partial charge in [-0.05, 0) is 284 Å². The third-order valence-electron chi connectivity index (χ3n) is 19.7. The topological polar surface area (TPSA) is 739 Å². The number of nitrogens with zero attached hydrogens (tertiary/aromatic N) is 17. The lowest BCUT2D eigenvalue weighted by Crippen LogP contribution is -2.44. The molecule has 0 saturated carbocycles. The minimum absolute atomic E-state index is 0.0284. The van der Waals surface area contributed by atoms with Crippen LogP contribution < -0.4 is 59.7 Å². The summed E-state index contributed by atoms with van der Waals surface area (Å²) in [5.41, 5.74) is 14.3. The molecule has 0 spiro atoms. The molecule has 0 aliphatic carbocycles. The van der Waals surface area contributed by atoms with E-state index >= 15 is 0 Å². The number of nitrogens with one attached hydrogen (secondary N) is 8. The lowest BCUT2D eigenvalue weighted by Gasteiger charge is -2.22. The average Bonchev–Trinajstić information content (AvgIpc) is 1.66. The second-order valence-electron chi connectivity index (χ2n) is 37.7. The molecule has 0 radical (unpaired) electrons. The number of Topliss-reactive ketones (excluding diaryl/α,β-unsaturated/α-hetero) is 1. The molecule has 8 heterocycles. The maximum Gasteiger partial charge on any atom is 0.408 e. The number of esters is 3. The van der Waals surface area contributed by atoms with Gasteiger partial charge in [0.15, 0.2) is 28.3 Å². The highest BCUT2D eigenvalue weighted by molar-refractivity contribution is 7.86. The first-order valence-corrected chi connectivity index (χ1v) is 51.6. The number of aromatic nitrogens is 6. The highest BCUT2D eigenvalue weighted by atomic mass is 35.5. The third kappa shape index (κ3) is 77.1. The Labute approximate surface area is 889 Å². The molecular formula is C95H164Cl2N28O24S. The molecule has 0 unspecified atom stereocenters. The normalized spacial score (nSPS) is 14.3. The SMILES string of the molecule is CC#N.CC(=O)CCCO.CC1(CCCN)N=N1.CC1(CCCNC(=O)NCCCC[C@H](N)C(=O)O)N=N1.CC1(CCCO)N=N1.COC(=O)[C@H](CCCCN)NC(=O)OC(C)(C)C.COC(=O)[C@H](CCCCNC(=O)NCCCC1(C)N=N1)NC(=O)OC(C)(C)C.COC(=O)[C@H](CCCCNC(=O)n1ccnc1)NC(=O)OC(C)(C)C.Cc1ccc(S(=O)(=O)OCCCC2(C)N=N2)cc1.ClCCl.O=C(n1ccnc1)n1ccnc1. The third-order valence-corrected chi connectivity index (χ3v) is 21.1. The zero-order valence-corrected chi connectivity index (χ0v) is 92.8. The number of benzene rings is 1. The fourth-order valence-corrected chi connectivity index (χ4v) is 12.3. The number of carbonyl (C=O) groups is 12. The van der Waals surface area contributed by atoms with Crippen molar-refractivity contribution in [3.63, 3.8) is 0 Å². The highest BCUT2D eigenvalue weighted by Crippen LogP contribution is 2.35. The van der Waals surface area contributed by atoms with E-state index in [1.165, 1.54) is 74.1 Å². The van der Waals surface area contributed by atoms with Crippen molar-refractivity contribution in [2.24, 2.45) is 68.3 Å². The number of aliphatic hydroxyl groups is 2. The van der Waals surface area contributed by atoms with E-state index in [0.29, 0.717) is 123 Å². The monoisotopic (exact) mass is 2180 g/mol. The number of amides is 8. The van der Waals surface area contributed by atoms with E-state index < -0.39 is 93.2 Å². The average molecular weight is 2190 g/mol. The van der Waals surface area contributed by atoms with Gasteiger partial charge in [0, 0.05) is 96.5 Å². The molecule has 3 aromatic heterocycles. The molecule has 4 atom stereocenters. The number of hydrogen-bond acceptors (Lipinski definition) is 40. The van der Waals surface area contributed by atoms with Crippen molar-refractivity contribution < 1.29 is 114 Å². The largest absolute Gasteiger partial charge is 0.480 e. The van der Waals surface area contributed by atoms with Crippen LogP contribution in [0.3, 0.4) is 0 Å². The second-order valence-corrected chi connectivity index (χ2v) is 40.2. The Morgan fingerprint density at radius 3 is 1.05 bits per heavy atom. The number of aryl methyl sites for hydroxylation is 1. The quantitative estimate of drug-likeness (QED) is 0.00642. The molecule has 5 aliphatic heterocycles. The summed E-state index contributed by atoms with van der Waals surface area (Å²) < 4.78 is 62.1. The lowest BCUT2D eigenvalue weighted by atomic mass is 10.1. The van der Waals surface area contributed by atoms with Crippen molar-refractivity contribution in [3.8, 4) is 6.07 Å². The van der Waals surface area contributed by atoms with E-state index in [2.05, 4.69) is 113 Å². The van der Waals surface area contributed by atoms with Crippen LogP contribution in [0.1, 0.15) is 270 Å². The van der Waals surface area contributed by atoms with Crippen LogP contribution in [0, 0.1) is 18.3 Å². The number of alkyl carbamates (subject to hydrolysis) is 3. The van der Waals surface area contributed by atoms with Crippen molar-refractivity contribution in [2.45, 2.75) is 346 Å². The molecule has 52 nitrogen and oxygen atoms in total. The Morgan fingerprint density at radius 1 is 0.460 bits per heavy atom. The van der Waals surface area contributed by atoms with Crippen LogP contribution in [-0.2, 0) is 66.7 Å². The summed E-state index contributed by atoms with van der Waals surface area (Å²) in [6.45, 7) is 34.8. The number of imidazole rings is 3. The van der Waals surface area contributed by atoms with E-state index in [4.69, 9.17) is 88.9 Å². The van der Waals surface area contributed by atoms with Gasteiger partial charge in [-0.15, -0.1) is 23.2 Å². The molecule has 0 bridgehead atoms. The van der Waals surface area contributed by atoms with Crippen LogP contribution >= 0.6 is 23.2 Å². The highest BCUT2D eigenvalue weighted by Gasteiger charge is 2.37. The van der Waals surface area contributed by atoms with E-state index in [0.717, 1.165) is 82.7 Å². The number of unbranched alkanes of at least 4 members (excludes halogenated alkanes) is 4. The number of aliphatic hydroxyl groups excluding tert-OH is 2. The lowest BCUT2D eigenvalue weighted by molar-refractivity contribution is -0.144. The molecule has 5 aliphatic rings. The Morgan fingerprint density at radius 2 is 0.760 bits per heavy atom. The van der Waals surface area contributed by atoms with Gasteiger partial charge >= 0.3 is 66.3 Å². The molecule has 17 N–H and O–H groups in total. The summed E-state index contributed by atoms with van der Waals surface area (Å²) in [5.74, 6) is -2.38. The minimum Gasteiger partial charge on any atom is -0.480 e. The number of carboxylic acid groups (broad SMARTS) is 1. The summed E-state index contributed by atoms with van der Waals surface area (Å²) in [6.07, 6.45) is 28.4. The number of carbonyl (C=O) groups excluding carboxylic acids is 11. The Hall–Kier alpha value is -12.3. The van der Waals surface area contributed by atoms with Gasteiger partial charge in [0.05, 0.1) is 44.2 Å². The number of nitrogens with two attached hydrogens (primary N) is 3. The van der Waals surface area contributed by atoms with E-state index in [9.17, 15) is 66.0 Å². The molecule has 9 rings (SSSR count). The van der Waals surface area contributed by atoms with Crippen molar-refractivity contribution in [1.82, 2.24) is 71.2 Å². The maximum atomic E-state index is 11.8. The minimum atomic E-state index is -3.64. The fourth-order valence-electron chi connectivity index (χ4n) is 11.4. The Bertz CT molecular complexity index is 4770. The van der Waals surface area contributed by atoms with Gasteiger partial charge in [0.2, 0.25) is 0 Å². The molecule has 55 heteroatoms. The van der Waals surface area contributed by atoms with Crippen LogP contribution in [0.5, 0.6) is 0 Å². The predicted molar refractivity (Wildman–Crippen MR) is 558 cm³/mol. The van der Waals surface area contributed by atoms with Crippen LogP contribution in [0.4, 0.5) is 33.6 Å². The summed E-state index contributed by atoms with van der Waals surface area (Å²) in [5, 5.41) is 92.5. The molecule has 0 saturated heterocycles. The molecular weight excluding hydrogens is 2020 g/mol. The number of halogens is 2. The fraction of sp³-hybridized carbons (Fsp3) is 0.705. The summed E-state index contributed by atoms with van der Waals surface area (Å²) in [6, 6.07) is 4.39. The molecule has 150 heavy (non-hydrogen) atoms. The molecule has 848 valence electrons. The zero-order chi connectivity index (χ0) is 114. The molecule has 8 amide bonds. The van der Waals surface area contributed by atoms with Gasteiger partial charge < -0.3 is 108 Å². The van der Waals surface area contributed by atoms with Crippen LogP contribution in [0.25, 0.3) is 0 Å². The van der Waals surface area contributed by atoms with Crippen LogP contribution in [-0.4, -0.2) is 286 Å². The van der Waals surface area contributed by atoms with E-state index in [-0.39, 0.29) is 88.3 Å². The number of aliphatic carboxylic acids is 1.